The van der Waals surface area contributed by atoms with E-state index in [1.807, 2.05) is 25.3 Å². The highest BCUT2D eigenvalue weighted by atomic mass is 35.5. The second-order valence-corrected chi connectivity index (χ2v) is 3.83. The highest BCUT2D eigenvalue weighted by molar-refractivity contribution is 6.31. The molecule has 2 N–H and O–H groups in total. The molecule has 0 fully saturated rings. The standard InChI is InChI=1S/C11H12ClN3/c1-8-2-3-9(4-11(8)12)5-13-10-6-14-15-7-10/h2-4,6-7,13H,5H2,1H3,(H,14,15). The van der Waals surface area contributed by atoms with Gasteiger partial charge in [-0.25, -0.2) is 0 Å². The van der Waals surface area contributed by atoms with Gasteiger partial charge in [-0.2, -0.15) is 5.10 Å². The fourth-order valence-electron chi connectivity index (χ4n) is 1.30. The Bertz CT molecular complexity index is 437. The molecule has 0 bridgehead atoms. The van der Waals surface area contributed by atoms with Gasteiger partial charge >= 0.3 is 0 Å². The summed E-state index contributed by atoms with van der Waals surface area (Å²) in [6, 6.07) is 6.06. The molecule has 78 valence electrons. The third kappa shape index (κ3) is 2.50. The van der Waals surface area contributed by atoms with Crippen molar-refractivity contribution in [3.05, 3.63) is 46.7 Å². The Morgan fingerprint density at radius 3 is 3.00 bits per heavy atom. The molecule has 1 heterocycles. The molecule has 4 heteroatoms. The number of anilines is 1. The predicted octanol–water partition coefficient (Wildman–Crippen LogP) is 2.98. The quantitative estimate of drug-likeness (QED) is 0.837. The average molecular weight is 222 g/mol. The Morgan fingerprint density at radius 1 is 1.47 bits per heavy atom. The Morgan fingerprint density at radius 2 is 2.33 bits per heavy atom. The molecular formula is C11H12ClN3. The minimum absolute atomic E-state index is 0.750. The monoisotopic (exact) mass is 221 g/mol. The first-order chi connectivity index (χ1) is 7.25. The molecule has 0 aliphatic carbocycles. The maximum atomic E-state index is 6.03. The highest BCUT2D eigenvalue weighted by Gasteiger charge is 1.98. The lowest BCUT2D eigenvalue weighted by atomic mass is 10.1. The summed E-state index contributed by atoms with van der Waals surface area (Å²) in [7, 11) is 0. The van der Waals surface area contributed by atoms with Crippen molar-refractivity contribution in [2.24, 2.45) is 0 Å². The number of H-pyrrole nitrogens is 1. The molecule has 1 aromatic carbocycles. The number of aromatic nitrogens is 2. The van der Waals surface area contributed by atoms with Crippen molar-refractivity contribution in [3.63, 3.8) is 0 Å². The average Bonchev–Trinajstić information content (AvgIpc) is 2.73. The lowest BCUT2D eigenvalue weighted by Gasteiger charge is -2.05. The van der Waals surface area contributed by atoms with Crippen LogP contribution in [0.3, 0.4) is 0 Å². The maximum Gasteiger partial charge on any atom is 0.0726 e. The third-order valence-corrected chi connectivity index (χ3v) is 2.64. The molecule has 0 saturated heterocycles. The maximum absolute atomic E-state index is 6.03. The van der Waals surface area contributed by atoms with Crippen molar-refractivity contribution in [1.82, 2.24) is 10.2 Å². The highest BCUT2D eigenvalue weighted by Crippen LogP contribution is 2.17. The smallest absolute Gasteiger partial charge is 0.0726 e. The van der Waals surface area contributed by atoms with Gasteiger partial charge in [0.1, 0.15) is 0 Å². The molecule has 0 radical (unpaired) electrons. The van der Waals surface area contributed by atoms with Gasteiger partial charge in [-0.1, -0.05) is 23.7 Å². The zero-order chi connectivity index (χ0) is 10.7. The second-order valence-electron chi connectivity index (χ2n) is 3.42. The fraction of sp³-hybridized carbons (Fsp3) is 0.182. The number of hydrogen-bond donors (Lipinski definition) is 2. The molecular weight excluding hydrogens is 210 g/mol. The SMILES string of the molecule is Cc1ccc(CNc2cn[nH]c2)cc1Cl. The van der Waals surface area contributed by atoms with E-state index in [0.29, 0.717) is 0 Å². The van der Waals surface area contributed by atoms with E-state index in [1.54, 1.807) is 6.20 Å². The third-order valence-electron chi connectivity index (χ3n) is 2.23. The van der Waals surface area contributed by atoms with Crippen LogP contribution in [0.4, 0.5) is 5.69 Å². The van der Waals surface area contributed by atoms with Gasteiger partial charge in [0, 0.05) is 17.8 Å². The molecule has 0 unspecified atom stereocenters. The Labute approximate surface area is 93.5 Å². The van der Waals surface area contributed by atoms with Gasteiger partial charge in [-0.05, 0) is 24.1 Å². The Hall–Kier alpha value is -1.48. The van der Waals surface area contributed by atoms with Crippen molar-refractivity contribution in [1.29, 1.82) is 0 Å². The molecule has 2 rings (SSSR count). The van der Waals surface area contributed by atoms with Crippen LogP contribution in [0.25, 0.3) is 0 Å². The van der Waals surface area contributed by atoms with Crippen LogP contribution in [0.15, 0.2) is 30.6 Å². The van der Waals surface area contributed by atoms with Crippen LogP contribution in [0.5, 0.6) is 0 Å². The van der Waals surface area contributed by atoms with Crippen LogP contribution in [-0.4, -0.2) is 10.2 Å². The van der Waals surface area contributed by atoms with Crippen molar-refractivity contribution >= 4 is 17.3 Å². The molecule has 0 spiro atoms. The second kappa shape index (κ2) is 4.36. The first-order valence-corrected chi connectivity index (χ1v) is 5.11. The zero-order valence-corrected chi connectivity index (χ0v) is 9.17. The molecule has 0 aliphatic rings. The number of nitrogens with zero attached hydrogens (tertiary/aromatic N) is 1. The van der Waals surface area contributed by atoms with E-state index in [1.165, 1.54) is 0 Å². The van der Waals surface area contributed by atoms with Gasteiger partial charge in [0.05, 0.1) is 11.9 Å². The summed E-state index contributed by atoms with van der Waals surface area (Å²) in [5, 5.41) is 10.6. The summed E-state index contributed by atoms with van der Waals surface area (Å²) >= 11 is 6.03. The van der Waals surface area contributed by atoms with E-state index >= 15 is 0 Å². The number of rotatable bonds is 3. The van der Waals surface area contributed by atoms with Crippen LogP contribution in [0.2, 0.25) is 5.02 Å². The molecule has 0 aliphatic heterocycles. The molecule has 1 aromatic heterocycles. The van der Waals surface area contributed by atoms with E-state index in [0.717, 1.165) is 28.4 Å². The van der Waals surface area contributed by atoms with Gasteiger partial charge < -0.3 is 5.32 Å². The molecule has 0 saturated carbocycles. The minimum Gasteiger partial charge on any atom is -0.378 e. The first-order valence-electron chi connectivity index (χ1n) is 4.73. The van der Waals surface area contributed by atoms with E-state index in [9.17, 15) is 0 Å². The van der Waals surface area contributed by atoms with Crippen LogP contribution >= 0.6 is 11.6 Å². The van der Waals surface area contributed by atoms with Gasteiger partial charge in [0.2, 0.25) is 0 Å². The van der Waals surface area contributed by atoms with Crippen LogP contribution < -0.4 is 5.32 Å². The van der Waals surface area contributed by atoms with Gasteiger partial charge in [-0.3, -0.25) is 5.10 Å². The largest absolute Gasteiger partial charge is 0.378 e. The van der Waals surface area contributed by atoms with Crippen molar-refractivity contribution < 1.29 is 0 Å². The number of aryl methyl sites for hydroxylation is 1. The van der Waals surface area contributed by atoms with E-state index < -0.39 is 0 Å². The van der Waals surface area contributed by atoms with Gasteiger partial charge in [0.25, 0.3) is 0 Å². The fourth-order valence-corrected chi connectivity index (χ4v) is 1.50. The molecule has 2 aromatic rings. The summed E-state index contributed by atoms with van der Waals surface area (Å²) in [6.07, 6.45) is 3.56. The van der Waals surface area contributed by atoms with Crippen LogP contribution in [0, 0.1) is 6.92 Å². The topological polar surface area (TPSA) is 40.7 Å². The predicted molar refractivity (Wildman–Crippen MR) is 62.1 cm³/mol. The van der Waals surface area contributed by atoms with Gasteiger partial charge in [-0.15, -0.1) is 0 Å². The number of hydrogen-bond acceptors (Lipinski definition) is 2. The number of nitrogens with one attached hydrogen (secondary N) is 2. The summed E-state index contributed by atoms with van der Waals surface area (Å²) in [5.41, 5.74) is 3.24. The van der Waals surface area contributed by atoms with E-state index in [2.05, 4.69) is 21.6 Å². The minimum atomic E-state index is 0.750. The Balaban J connectivity index is 2.02. The van der Waals surface area contributed by atoms with E-state index in [4.69, 9.17) is 11.6 Å². The molecule has 0 amide bonds. The lowest BCUT2D eigenvalue weighted by molar-refractivity contribution is 1.09. The summed E-state index contributed by atoms with van der Waals surface area (Å²) < 4.78 is 0. The van der Waals surface area contributed by atoms with Crippen molar-refractivity contribution in [2.75, 3.05) is 5.32 Å². The Kier molecular flexibility index (Phi) is 2.92. The molecule has 0 atom stereocenters. The van der Waals surface area contributed by atoms with Crippen LogP contribution in [-0.2, 0) is 6.54 Å². The summed E-state index contributed by atoms with van der Waals surface area (Å²) in [5.74, 6) is 0. The molecule has 3 nitrogen and oxygen atoms in total. The zero-order valence-electron chi connectivity index (χ0n) is 8.42. The number of halogens is 1. The first kappa shape index (κ1) is 10.1. The van der Waals surface area contributed by atoms with Crippen LogP contribution in [0.1, 0.15) is 11.1 Å². The van der Waals surface area contributed by atoms with Gasteiger partial charge in [0.15, 0.2) is 0 Å². The summed E-state index contributed by atoms with van der Waals surface area (Å²) in [6.45, 7) is 2.75. The lowest BCUT2D eigenvalue weighted by Crippen LogP contribution is -1.98. The van der Waals surface area contributed by atoms with Crippen molar-refractivity contribution in [3.8, 4) is 0 Å². The number of benzene rings is 1. The number of aromatic amines is 1. The molecule has 15 heavy (non-hydrogen) atoms. The van der Waals surface area contributed by atoms with Crippen molar-refractivity contribution in [2.45, 2.75) is 13.5 Å². The summed E-state index contributed by atoms with van der Waals surface area (Å²) in [4.78, 5) is 0. The normalized spacial score (nSPS) is 10.3. The van der Waals surface area contributed by atoms with E-state index in [-0.39, 0.29) is 0 Å².